The second-order valence-corrected chi connectivity index (χ2v) is 6.67. The van der Waals surface area contributed by atoms with Gasteiger partial charge in [0.25, 0.3) is 0 Å². The largest absolute Gasteiger partial charge is 0.497 e. The molecule has 128 valence electrons. The van der Waals surface area contributed by atoms with Crippen molar-refractivity contribution < 1.29 is 9.13 Å². The van der Waals surface area contributed by atoms with Gasteiger partial charge in [-0.2, -0.15) is 5.10 Å². The van der Waals surface area contributed by atoms with Crippen molar-refractivity contribution >= 4 is 11.6 Å². The van der Waals surface area contributed by atoms with Crippen molar-refractivity contribution in [2.45, 2.75) is 25.4 Å². The molecule has 1 atom stereocenters. The molecule has 3 aromatic rings. The van der Waals surface area contributed by atoms with Crippen molar-refractivity contribution in [3.05, 3.63) is 64.8 Å². The highest BCUT2D eigenvalue weighted by Gasteiger charge is 2.27. The third-order valence-electron chi connectivity index (χ3n) is 4.64. The van der Waals surface area contributed by atoms with Crippen molar-refractivity contribution in [2.24, 2.45) is 0 Å². The lowest BCUT2D eigenvalue weighted by molar-refractivity contribution is 0.300. The van der Waals surface area contributed by atoms with E-state index in [0.717, 1.165) is 34.0 Å². The second kappa shape index (κ2) is 6.52. The maximum absolute atomic E-state index is 14.1. The van der Waals surface area contributed by atoms with E-state index in [4.69, 9.17) is 21.4 Å². The summed E-state index contributed by atoms with van der Waals surface area (Å²) in [6.07, 6.45) is 0.814. The molecule has 2 aromatic carbocycles. The summed E-state index contributed by atoms with van der Waals surface area (Å²) in [7, 11) is 1.64. The summed E-state index contributed by atoms with van der Waals surface area (Å²) >= 11 is 6.00. The number of fused-ring (bicyclic) bond motifs is 1. The van der Waals surface area contributed by atoms with Crippen LogP contribution in [0.15, 0.2) is 48.5 Å². The summed E-state index contributed by atoms with van der Waals surface area (Å²) in [4.78, 5) is 0. The zero-order valence-corrected chi connectivity index (χ0v) is 14.6. The Morgan fingerprint density at radius 1 is 1.12 bits per heavy atom. The first kappa shape index (κ1) is 16.2. The molecular weight excluding hydrogens is 339 g/mol. The molecule has 0 amide bonds. The highest BCUT2D eigenvalue weighted by atomic mass is 35.5. The Hall–Kier alpha value is -2.33. The third kappa shape index (κ3) is 3.02. The summed E-state index contributed by atoms with van der Waals surface area (Å²) in [6.45, 7) is 0. The highest BCUT2D eigenvalue weighted by molar-refractivity contribution is 6.30. The predicted octanol–water partition coefficient (Wildman–Crippen LogP) is 5.03. The van der Waals surface area contributed by atoms with E-state index in [2.05, 4.69) is 0 Å². The third-order valence-corrected chi connectivity index (χ3v) is 4.90. The molecule has 25 heavy (non-hydrogen) atoms. The van der Waals surface area contributed by atoms with Gasteiger partial charge in [0.05, 0.1) is 18.5 Å². The minimum Gasteiger partial charge on any atom is -0.497 e. The summed E-state index contributed by atoms with van der Waals surface area (Å²) in [5.41, 5.74) is 4.84. The smallest absolute Gasteiger partial charge is 0.119 e. The molecule has 1 aliphatic carbocycles. The van der Waals surface area contributed by atoms with Crippen LogP contribution in [0.2, 0.25) is 5.02 Å². The molecule has 0 aliphatic heterocycles. The second-order valence-electron chi connectivity index (χ2n) is 6.23. The molecule has 0 unspecified atom stereocenters. The molecule has 1 heterocycles. The van der Waals surface area contributed by atoms with Crippen LogP contribution in [0.25, 0.3) is 16.9 Å². The lowest BCUT2D eigenvalue weighted by Gasteiger charge is -2.18. The van der Waals surface area contributed by atoms with Gasteiger partial charge in [0.1, 0.15) is 11.9 Å². The molecule has 0 radical (unpaired) electrons. The van der Waals surface area contributed by atoms with Crippen LogP contribution in [-0.4, -0.2) is 23.1 Å². The van der Waals surface area contributed by atoms with Crippen LogP contribution in [0.4, 0.5) is 4.39 Å². The normalized spacial score (nSPS) is 16.5. The van der Waals surface area contributed by atoms with E-state index in [1.807, 2.05) is 53.2 Å². The van der Waals surface area contributed by atoms with Gasteiger partial charge in [0, 0.05) is 28.3 Å². The Labute approximate surface area is 151 Å². The van der Waals surface area contributed by atoms with Crippen molar-refractivity contribution in [1.82, 2.24) is 9.78 Å². The number of benzene rings is 2. The Morgan fingerprint density at radius 2 is 1.84 bits per heavy atom. The van der Waals surface area contributed by atoms with Crippen LogP contribution in [0, 0.1) is 0 Å². The number of hydrogen-bond acceptors (Lipinski definition) is 2. The zero-order valence-electron chi connectivity index (χ0n) is 13.9. The van der Waals surface area contributed by atoms with Crippen LogP contribution in [0.1, 0.15) is 17.7 Å². The van der Waals surface area contributed by atoms with E-state index >= 15 is 0 Å². The first-order valence-corrected chi connectivity index (χ1v) is 8.68. The number of ether oxygens (including phenoxy) is 1. The van der Waals surface area contributed by atoms with Crippen LogP contribution in [0.5, 0.6) is 5.75 Å². The Morgan fingerprint density at radius 3 is 2.52 bits per heavy atom. The number of rotatable bonds is 3. The van der Waals surface area contributed by atoms with Gasteiger partial charge in [-0.1, -0.05) is 23.7 Å². The predicted molar refractivity (Wildman–Crippen MR) is 97.5 cm³/mol. The van der Waals surface area contributed by atoms with Gasteiger partial charge in [-0.15, -0.1) is 0 Å². The van der Waals surface area contributed by atoms with Crippen molar-refractivity contribution in [3.63, 3.8) is 0 Å². The minimum atomic E-state index is -0.813. The minimum absolute atomic E-state index is 0.406. The molecule has 3 nitrogen and oxygen atoms in total. The van der Waals surface area contributed by atoms with E-state index in [9.17, 15) is 4.39 Å². The number of methoxy groups -OCH3 is 1. The van der Waals surface area contributed by atoms with Gasteiger partial charge in [0.2, 0.25) is 0 Å². The summed E-state index contributed by atoms with van der Waals surface area (Å²) in [5.74, 6) is 0.798. The molecule has 0 fully saturated rings. The molecule has 0 N–H and O–H groups in total. The Balaban J connectivity index is 1.84. The average molecular weight is 357 g/mol. The van der Waals surface area contributed by atoms with Crippen LogP contribution < -0.4 is 4.74 Å². The topological polar surface area (TPSA) is 27.1 Å². The number of hydrogen-bond donors (Lipinski definition) is 0. The lowest BCUT2D eigenvalue weighted by atomic mass is 9.92. The summed E-state index contributed by atoms with van der Waals surface area (Å²) in [5, 5.41) is 5.49. The molecule has 0 saturated carbocycles. The van der Waals surface area contributed by atoms with Crippen LogP contribution >= 0.6 is 11.6 Å². The Bertz CT molecular complexity index is 887. The number of alkyl halides is 1. The fourth-order valence-electron chi connectivity index (χ4n) is 3.35. The SMILES string of the molecule is COc1ccc(-n2nc(-c3ccc(Cl)cc3)c3c2CC[C@H](F)C3)cc1. The quantitative estimate of drug-likeness (QED) is 0.658. The van der Waals surface area contributed by atoms with Crippen molar-refractivity contribution in [2.75, 3.05) is 7.11 Å². The van der Waals surface area contributed by atoms with E-state index in [0.29, 0.717) is 24.3 Å². The van der Waals surface area contributed by atoms with E-state index in [1.165, 1.54) is 0 Å². The van der Waals surface area contributed by atoms with Crippen LogP contribution in [0.3, 0.4) is 0 Å². The fraction of sp³-hybridized carbons (Fsp3) is 0.250. The van der Waals surface area contributed by atoms with Crippen LogP contribution in [-0.2, 0) is 12.8 Å². The van der Waals surface area contributed by atoms with E-state index in [-0.39, 0.29) is 0 Å². The molecule has 0 spiro atoms. The van der Waals surface area contributed by atoms with Gasteiger partial charge >= 0.3 is 0 Å². The van der Waals surface area contributed by atoms with Gasteiger partial charge in [-0.3, -0.25) is 0 Å². The monoisotopic (exact) mass is 356 g/mol. The molecule has 5 heteroatoms. The van der Waals surface area contributed by atoms with Crippen molar-refractivity contribution in [3.8, 4) is 22.7 Å². The maximum Gasteiger partial charge on any atom is 0.119 e. The number of halogens is 2. The first-order valence-electron chi connectivity index (χ1n) is 8.31. The maximum atomic E-state index is 14.1. The lowest BCUT2D eigenvalue weighted by Crippen LogP contribution is -2.16. The van der Waals surface area contributed by atoms with Gasteiger partial charge < -0.3 is 4.74 Å². The van der Waals surface area contributed by atoms with E-state index < -0.39 is 6.17 Å². The summed E-state index contributed by atoms with van der Waals surface area (Å²) in [6, 6.07) is 15.3. The molecule has 0 bridgehead atoms. The Kier molecular flexibility index (Phi) is 4.22. The van der Waals surface area contributed by atoms with Gasteiger partial charge in [-0.05, 0) is 49.2 Å². The molecule has 0 saturated heterocycles. The zero-order chi connectivity index (χ0) is 17.4. The highest BCUT2D eigenvalue weighted by Crippen LogP contribution is 2.34. The van der Waals surface area contributed by atoms with Gasteiger partial charge in [-0.25, -0.2) is 9.07 Å². The molecular formula is C20H18ClFN2O. The standard InChI is InChI=1S/C20H18ClFN2O/c1-25-17-9-7-16(8-10-17)24-19-11-6-15(22)12-18(19)20(23-24)13-2-4-14(21)5-3-13/h2-5,7-10,15H,6,11-12H2,1H3/t15-/m0/s1. The number of nitrogens with zero attached hydrogens (tertiary/aromatic N) is 2. The first-order chi connectivity index (χ1) is 12.2. The molecule has 4 rings (SSSR count). The fourth-order valence-corrected chi connectivity index (χ4v) is 3.48. The van der Waals surface area contributed by atoms with Crippen molar-refractivity contribution in [1.29, 1.82) is 0 Å². The molecule has 1 aliphatic rings. The average Bonchev–Trinajstić information content (AvgIpc) is 3.01. The summed E-state index contributed by atoms with van der Waals surface area (Å²) < 4.78 is 21.2. The van der Waals surface area contributed by atoms with Gasteiger partial charge in [0.15, 0.2) is 0 Å². The molecule has 1 aromatic heterocycles. The number of aromatic nitrogens is 2. The van der Waals surface area contributed by atoms with E-state index in [1.54, 1.807) is 7.11 Å².